The van der Waals surface area contributed by atoms with Crippen molar-refractivity contribution in [3.8, 4) is 0 Å². The number of amides is 1. The van der Waals surface area contributed by atoms with Crippen molar-refractivity contribution in [2.24, 2.45) is 0 Å². The first-order chi connectivity index (χ1) is 19.8. The SMILES string of the molecule is O=C(CNn1c(Cc2ccccc2Nc2c(Cl)cccc2Cl)nc2ccccc2c1=O)Nc1ccc([N+](=O)[O-])cc1. The van der Waals surface area contributed by atoms with Crippen molar-refractivity contribution in [2.45, 2.75) is 6.42 Å². The predicted octanol–water partition coefficient (Wildman–Crippen LogP) is 6.13. The number of rotatable bonds is 9. The van der Waals surface area contributed by atoms with E-state index in [9.17, 15) is 19.7 Å². The maximum atomic E-state index is 13.5. The van der Waals surface area contributed by atoms with Gasteiger partial charge in [0.25, 0.3) is 11.2 Å². The zero-order valence-corrected chi connectivity index (χ0v) is 22.8. The monoisotopic (exact) mass is 588 g/mol. The fourth-order valence-corrected chi connectivity index (χ4v) is 4.69. The maximum absolute atomic E-state index is 13.5. The van der Waals surface area contributed by atoms with Gasteiger partial charge in [-0.25, -0.2) is 9.66 Å². The topological polar surface area (TPSA) is 131 Å². The zero-order chi connectivity index (χ0) is 28.9. The first-order valence-corrected chi connectivity index (χ1v) is 13.1. The summed E-state index contributed by atoms with van der Waals surface area (Å²) in [6.07, 6.45) is 0.224. The fourth-order valence-electron chi connectivity index (χ4n) is 4.20. The van der Waals surface area contributed by atoms with Crippen molar-refractivity contribution in [1.82, 2.24) is 9.66 Å². The molecular formula is C29H22Cl2N6O4. The van der Waals surface area contributed by atoms with Gasteiger partial charge in [-0.3, -0.25) is 19.7 Å². The Morgan fingerprint density at radius 3 is 2.32 bits per heavy atom. The van der Waals surface area contributed by atoms with Crippen LogP contribution in [0.4, 0.5) is 22.7 Å². The molecule has 0 bridgehead atoms. The van der Waals surface area contributed by atoms with Gasteiger partial charge in [0.2, 0.25) is 5.91 Å². The average molecular weight is 589 g/mol. The first kappa shape index (κ1) is 27.6. The molecule has 0 aliphatic rings. The normalized spacial score (nSPS) is 10.8. The second-order valence-electron chi connectivity index (χ2n) is 8.93. The number of nitrogens with zero attached hydrogens (tertiary/aromatic N) is 3. The van der Waals surface area contributed by atoms with Gasteiger partial charge in [0.15, 0.2) is 0 Å². The number of halogens is 2. The summed E-state index contributed by atoms with van der Waals surface area (Å²) in [6.45, 7) is -0.265. The first-order valence-electron chi connectivity index (χ1n) is 12.4. The largest absolute Gasteiger partial charge is 0.353 e. The summed E-state index contributed by atoms with van der Waals surface area (Å²) >= 11 is 12.7. The molecule has 0 aliphatic heterocycles. The summed E-state index contributed by atoms with van der Waals surface area (Å²) in [6, 6.07) is 25.1. The fraction of sp³-hybridized carbons (Fsp3) is 0.0690. The lowest BCUT2D eigenvalue weighted by Crippen LogP contribution is -2.37. The molecule has 0 spiro atoms. The van der Waals surface area contributed by atoms with E-state index in [-0.39, 0.29) is 24.2 Å². The van der Waals surface area contributed by atoms with Gasteiger partial charge >= 0.3 is 0 Å². The number of nitrogens with one attached hydrogen (secondary N) is 3. The van der Waals surface area contributed by atoms with E-state index in [0.717, 1.165) is 5.56 Å². The van der Waals surface area contributed by atoms with Gasteiger partial charge in [-0.1, -0.05) is 59.6 Å². The second kappa shape index (κ2) is 12.1. The lowest BCUT2D eigenvalue weighted by Gasteiger charge is -2.18. The van der Waals surface area contributed by atoms with E-state index >= 15 is 0 Å². The number of nitro benzene ring substituents is 1. The molecule has 12 heteroatoms. The summed E-state index contributed by atoms with van der Waals surface area (Å²) in [4.78, 5) is 41.3. The Hall–Kier alpha value is -4.93. The molecule has 1 heterocycles. The Morgan fingerprint density at radius 2 is 1.59 bits per heavy atom. The number of hydrogen-bond donors (Lipinski definition) is 3. The quantitative estimate of drug-likeness (QED) is 0.139. The molecule has 10 nitrogen and oxygen atoms in total. The van der Waals surface area contributed by atoms with Gasteiger partial charge in [-0.2, -0.15) is 0 Å². The molecule has 5 rings (SSSR count). The van der Waals surface area contributed by atoms with Gasteiger partial charge < -0.3 is 16.1 Å². The number of carbonyl (C=O) groups is 1. The standard InChI is InChI=1S/C29H22Cl2N6O4/c30-22-8-5-9-23(31)28(22)35-24-10-3-1-6-18(24)16-26-34-25-11-4-2-7-21(25)29(39)36(26)32-17-27(38)33-19-12-14-20(15-13-19)37(40)41/h1-15,32,35H,16-17H2,(H,33,38). The molecule has 0 saturated heterocycles. The Kier molecular flexibility index (Phi) is 8.14. The summed E-state index contributed by atoms with van der Waals surface area (Å²) in [7, 11) is 0. The van der Waals surface area contributed by atoms with Crippen LogP contribution in [0.3, 0.4) is 0 Å². The van der Waals surface area contributed by atoms with Crippen LogP contribution in [0.5, 0.6) is 0 Å². The summed E-state index contributed by atoms with van der Waals surface area (Å²) < 4.78 is 1.26. The highest BCUT2D eigenvalue weighted by molar-refractivity contribution is 6.39. The van der Waals surface area contributed by atoms with Crippen molar-refractivity contribution in [2.75, 3.05) is 22.6 Å². The number of nitro groups is 1. The number of para-hydroxylation sites is 3. The Balaban J connectivity index is 1.43. The van der Waals surface area contributed by atoms with E-state index in [1.54, 1.807) is 42.5 Å². The number of aromatic nitrogens is 2. The lowest BCUT2D eigenvalue weighted by atomic mass is 10.1. The second-order valence-corrected chi connectivity index (χ2v) is 9.74. The number of non-ortho nitro benzene ring substituents is 1. The van der Waals surface area contributed by atoms with Gasteiger partial charge in [-0.15, -0.1) is 0 Å². The third-order valence-corrected chi connectivity index (χ3v) is 6.82. The van der Waals surface area contributed by atoms with Crippen LogP contribution in [0, 0.1) is 10.1 Å². The molecule has 5 aromatic rings. The van der Waals surface area contributed by atoms with Crippen LogP contribution in [0.1, 0.15) is 11.4 Å². The van der Waals surface area contributed by atoms with Crippen molar-refractivity contribution in [3.05, 3.63) is 133 Å². The number of anilines is 3. The van der Waals surface area contributed by atoms with Crippen molar-refractivity contribution in [1.29, 1.82) is 0 Å². The average Bonchev–Trinajstić information content (AvgIpc) is 2.96. The molecule has 206 valence electrons. The molecule has 1 aromatic heterocycles. The third-order valence-electron chi connectivity index (χ3n) is 6.19. The van der Waals surface area contributed by atoms with Crippen LogP contribution in [0.15, 0.2) is 95.8 Å². The van der Waals surface area contributed by atoms with Crippen LogP contribution in [-0.4, -0.2) is 27.0 Å². The minimum Gasteiger partial charge on any atom is -0.353 e. The molecule has 0 saturated carbocycles. The van der Waals surface area contributed by atoms with Gasteiger partial charge in [0.1, 0.15) is 12.4 Å². The summed E-state index contributed by atoms with van der Waals surface area (Å²) in [5.41, 5.74) is 5.39. The maximum Gasteiger partial charge on any atom is 0.279 e. The molecule has 3 N–H and O–H groups in total. The van der Waals surface area contributed by atoms with Crippen LogP contribution < -0.4 is 21.6 Å². The number of hydrogen-bond acceptors (Lipinski definition) is 7. The molecule has 0 aliphatic carbocycles. The van der Waals surface area contributed by atoms with Gasteiger partial charge in [0.05, 0.1) is 31.6 Å². The Bertz CT molecular complexity index is 1810. The summed E-state index contributed by atoms with van der Waals surface area (Å²) in [5.74, 6) is -0.0865. The number of benzene rings is 4. The van der Waals surface area contributed by atoms with Crippen LogP contribution in [0.25, 0.3) is 10.9 Å². The van der Waals surface area contributed by atoms with E-state index in [1.807, 2.05) is 24.3 Å². The molecule has 0 atom stereocenters. The predicted molar refractivity (Wildman–Crippen MR) is 161 cm³/mol. The number of fused-ring (bicyclic) bond motifs is 1. The Morgan fingerprint density at radius 1 is 0.902 bits per heavy atom. The molecule has 4 aromatic carbocycles. The molecule has 0 fully saturated rings. The molecule has 1 amide bonds. The van der Waals surface area contributed by atoms with Crippen LogP contribution in [-0.2, 0) is 11.2 Å². The smallest absolute Gasteiger partial charge is 0.279 e. The highest BCUT2D eigenvalue weighted by Crippen LogP contribution is 2.34. The number of carbonyl (C=O) groups excluding carboxylic acids is 1. The minimum absolute atomic E-state index is 0.0915. The van der Waals surface area contributed by atoms with Gasteiger partial charge in [-0.05, 0) is 48.0 Å². The van der Waals surface area contributed by atoms with E-state index in [0.29, 0.717) is 43.8 Å². The minimum atomic E-state index is -0.523. The molecule has 0 radical (unpaired) electrons. The van der Waals surface area contributed by atoms with Crippen LogP contribution >= 0.6 is 23.2 Å². The highest BCUT2D eigenvalue weighted by atomic mass is 35.5. The Labute approximate surface area is 243 Å². The van der Waals surface area contributed by atoms with Gasteiger partial charge in [0, 0.05) is 29.9 Å². The van der Waals surface area contributed by atoms with E-state index in [4.69, 9.17) is 28.2 Å². The van der Waals surface area contributed by atoms with Crippen molar-refractivity contribution >= 4 is 62.8 Å². The van der Waals surface area contributed by atoms with E-state index in [1.165, 1.54) is 28.9 Å². The lowest BCUT2D eigenvalue weighted by molar-refractivity contribution is -0.384. The van der Waals surface area contributed by atoms with Crippen LogP contribution in [0.2, 0.25) is 10.0 Å². The molecule has 0 unspecified atom stereocenters. The van der Waals surface area contributed by atoms with E-state index < -0.39 is 10.8 Å². The van der Waals surface area contributed by atoms with Crippen molar-refractivity contribution < 1.29 is 9.72 Å². The summed E-state index contributed by atoms with van der Waals surface area (Å²) in [5, 5.41) is 18.1. The van der Waals surface area contributed by atoms with Crippen molar-refractivity contribution in [3.63, 3.8) is 0 Å². The third kappa shape index (κ3) is 6.29. The highest BCUT2D eigenvalue weighted by Gasteiger charge is 2.16. The molecular weight excluding hydrogens is 567 g/mol. The molecule has 41 heavy (non-hydrogen) atoms. The zero-order valence-electron chi connectivity index (χ0n) is 21.3. The van der Waals surface area contributed by atoms with E-state index in [2.05, 4.69) is 16.1 Å².